The fraction of sp³-hybridized carbons (Fsp3) is 0.714. The minimum atomic E-state index is -3.35. The molecule has 1 aromatic rings. The van der Waals surface area contributed by atoms with Crippen LogP contribution in [-0.4, -0.2) is 50.3 Å². The van der Waals surface area contributed by atoms with Crippen LogP contribution in [0.2, 0.25) is 0 Å². The van der Waals surface area contributed by atoms with E-state index in [-0.39, 0.29) is 0 Å². The van der Waals surface area contributed by atoms with Gasteiger partial charge in [-0.15, -0.1) is 11.3 Å². The zero-order valence-electron chi connectivity index (χ0n) is 12.8. The van der Waals surface area contributed by atoms with Gasteiger partial charge in [0.2, 0.25) is 0 Å². The molecular weight excluding hydrogens is 306 g/mol. The van der Waals surface area contributed by atoms with Crippen LogP contribution in [0.25, 0.3) is 0 Å². The van der Waals surface area contributed by atoms with Gasteiger partial charge < -0.3 is 10.6 Å². The van der Waals surface area contributed by atoms with Gasteiger partial charge >= 0.3 is 0 Å². The van der Waals surface area contributed by atoms with Crippen LogP contribution in [0.3, 0.4) is 0 Å². The van der Waals surface area contributed by atoms with Crippen molar-refractivity contribution in [3.8, 4) is 0 Å². The molecule has 5 nitrogen and oxygen atoms in total. The lowest BCUT2D eigenvalue weighted by molar-refractivity contribution is 0.194. The van der Waals surface area contributed by atoms with Crippen LogP contribution >= 0.6 is 11.3 Å². The van der Waals surface area contributed by atoms with Crippen LogP contribution in [0.1, 0.15) is 26.7 Å². The number of piperidine rings is 1. The van der Waals surface area contributed by atoms with Crippen LogP contribution in [0, 0.1) is 5.92 Å². The molecule has 0 aliphatic carbocycles. The van der Waals surface area contributed by atoms with Gasteiger partial charge in [-0.1, -0.05) is 13.8 Å². The monoisotopic (exact) mass is 331 g/mol. The van der Waals surface area contributed by atoms with E-state index in [1.165, 1.54) is 11.3 Å². The molecule has 0 saturated carbocycles. The average molecular weight is 332 g/mol. The maximum absolute atomic E-state index is 12.5. The van der Waals surface area contributed by atoms with Crippen molar-refractivity contribution in [3.05, 3.63) is 11.4 Å². The number of hydrogen-bond donors (Lipinski definition) is 1. The number of hydrogen-bond acceptors (Lipinski definition) is 5. The first-order valence-electron chi connectivity index (χ1n) is 7.53. The predicted octanol–water partition coefficient (Wildman–Crippen LogP) is 2.07. The lowest BCUT2D eigenvalue weighted by atomic mass is 9.97. The molecule has 0 unspecified atom stereocenters. The molecule has 120 valence electrons. The smallest absolute Gasteiger partial charge is 0.252 e. The first-order chi connectivity index (χ1) is 9.97. The Bertz CT molecular complexity index is 544. The molecule has 0 radical (unpaired) electrons. The molecule has 1 aromatic heterocycles. The second-order valence-corrected chi connectivity index (χ2v) is 8.61. The minimum Gasteiger partial charge on any atom is -0.398 e. The summed E-state index contributed by atoms with van der Waals surface area (Å²) in [6, 6.07) is 1.56. The summed E-state index contributed by atoms with van der Waals surface area (Å²) in [5, 5.41) is 1.68. The van der Waals surface area contributed by atoms with Crippen molar-refractivity contribution in [2.24, 2.45) is 5.92 Å². The Balaban J connectivity index is 1.94. The van der Waals surface area contributed by atoms with E-state index >= 15 is 0 Å². The first kappa shape index (κ1) is 16.7. The number of nitrogens with zero attached hydrogens (tertiary/aromatic N) is 2. The van der Waals surface area contributed by atoms with Crippen LogP contribution in [-0.2, 0) is 10.0 Å². The molecule has 1 aliphatic heterocycles. The molecule has 2 heterocycles. The van der Waals surface area contributed by atoms with Gasteiger partial charge in [0.25, 0.3) is 10.0 Å². The quantitative estimate of drug-likeness (QED) is 0.866. The van der Waals surface area contributed by atoms with E-state index in [2.05, 4.69) is 18.7 Å². The SMILES string of the molecule is CCN(CC)CC1CCN(S(=O)(=O)c2cc(N)cs2)CC1. The van der Waals surface area contributed by atoms with Gasteiger partial charge in [0.15, 0.2) is 0 Å². The Morgan fingerprint density at radius 1 is 1.33 bits per heavy atom. The second kappa shape index (κ2) is 7.09. The van der Waals surface area contributed by atoms with E-state index in [1.807, 2.05) is 0 Å². The van der Waals surface area contributed by atoms with Gasteiger partial charge in [0.1, 0.15) is 4.21 Å². The Labute approximate surface area is 131 Å². The maximum atomic E-state index is 12.5. The van der Waals surface area contributed by atoms with E-state index in [0.29, 0.717) is 28.9 Å². The minimum absolute atomic E-state index is 0.363. The molecule has 0 amide bonds. The highest BCUT2D eigenvalue weighted by atomic mass is 32.2. The molecule has 1 aliphatic rings. The first-order valence-corrected chi connectivity index (χ1v) is 9.85. The topological polar surface area (TPSA) is 66.6 Å². The molecule has 0 atom stereocenters. The molecule has 2 rings (SSSR count). The number of nitrogen functional groups attached to an aromatic ring is 1. The van der Waals surface area contributed by atoms with E-state index in [9.17, 15) is 8.42 Å². The van der Waals surface area contributed by atoms with Crippen LogP contribution < -0.4 is 5.73 Å². The van der Waals surface area contributed by atoms with Crippen molar-refractivity contribution in [1.82, 2.24) is 9.21 Å². The number of sulfonamides is 1. The van der Waals surface area contributed by atoms with Gasteiger partial charge in [0.05, 0.1) is 0 Å². The van der Waals surface area contributed by atoms with E-state index in [1.54, 1.807) is 15.8 Å². The summed E-state index contributed by atoms with van der Waals surface area (Å²) in [5.74, 6) is 0.602. The van der Waals surface area contributed by atoms with Gasteiger partial charge in [-0.25, -0.2) is 8.42 Å². The molecule has 21 heavy (non-hydrogen) atoms. The van der Waals surface area contributed by atoms with Crippen LogP contribution in [0.4, 0.5) is 5.69 Å². The largest absolute Gasteiger partial charge is 0.398 e. The Hall–Kier alpha value is -0.630. The molecule has 1 saturated heterocycles. The lowest BCUT2D eigenvalue weighted by Crippen LogP contribution is -2.41. The summed E-state index contributed by atoms with van der Waals surface area (Å²) in [7, 11) is -3.35. The van der Waals surface area contributed by atoms with Crippen LogP contribution in [0.5, 0.6) is 0 Å². The number of anilines is 1. The third kappa shape index (κ3) is 3.97. The van der Waals surface area contributed by atoms with Crippen molar-refractivity contribution < 1.29 is 8.42 Å². The molecule has 2 N–H and O–H groups in total. The Morgan fingerprint density at radius 3 is 2.43 bits per heavy atom. The molecule has 0 aromatic carbocycles. The van der Waals surface area contributed by atoms with E-state index in [0.717, 1.165) is 32.5 Å². The number of rotatable bonds is 6. The van der Waals surface area contributed by atoms with Crippen molar-refractivity contribution in [3.63, 3.8) is 0 Å². The summed E-state index contributed by atoms with van der Waals surface area (Å²) in [6.07, 6.45) is 1.88. The highest BCUT2D eigenvalue weighted by Crippen LogP contribution is 2.28. The lowest BCUT2D eigenvalue weighted by Gasteiger charge is -2.33. The maximum Gasteiger partial charge on any atom is 0.252 e. The fourth-order valence-electron chi connectivity index (χ4n) is 2.77. The summed E-state index contributed by atoms with van der Waals surface area (Å²) >= 11 is 1.21. The van der Waals surface area contributed by atoms with Gasteiger partial charge in [-0.3, -0.25) is 0 Å². The van der Waals surface area contributed by atoms with E-state index in [4.69, 9.17) is 5.73 Å². The molecule has 7 heteroatoms. The van der Waals surface area contributed by atoms with Gasteiger partial charge in [-0.2, -0.15) is 4.31 Å². The van der Waals surface area contributed by atoms with Crippen molar-refractivity contribution >= 4 is 27.0 Å². The summed E-state index contributed by atoms with van der Waals surface area (Å²) < 4.78 is 27.0. The summed E-state index contributed by atoms with van der Waals surface area (Å²) in [5.41, 5.74) is 6.16. The Kier molecular flexibility index (Phi) is 5.65. The molecular formula is C14H25N3O2S2. The van der Waals surface area contributed by atoms with Gasteiger partial charge in [0, 0.05) is 30.7 Å². The highest BCUT2D eigenvalue weighted by molar-refractivity contribution is 7.91. The molecule has 0 spiro atoms. The predicted molar refractivity (Wildman–Crippen MR) is 88.0 cm³/mol. The van der Waals surface area contributed by atoms with Crippen molar-refractivity contribution in [2.75, 3.05) is 38.5 Å². The third-order valence-electron chi connectivity index (χ3n) is 4.17. The average Bonchev–Trinajstić information content (AvgIpc) is 2.92. The highest BCUT2D eigenvalue weighted by Gasteiger charge is 2.30. The third-order valence-corrected chi connectivity index (χ3v) is 7.51. The molecule has 1 fully saturated rings. The normalized spacial score (nSPS) is 18.4. The van der Waals surface area contributed by atoms with E-state index < -0.39 is 10.0 Å². The van der Waals surface area contributed by atoms with Gasteiger partial charge in [-0.05, 0) is 37.9 Å². The fourth-order valence-corrected chi connectivity index (χ4v) is 5.47. The van der Waals surface area contributed by atoms with Crippen molar-refractivity contribution in [1.29, 1.82) is 0 Å². The zero-order chi connectivity index (χ0) is 15.5. The zero-order valence-corrected chi connectivity index (χ0v) is 14.4. The standard InChI is InChI=1S/C14H25N3O2S2/c1-3-16(4-2)10-12-5-7-17(8-6-12)21(18,19)14-9-13(15)11-20-14/h9,11-12H,3-8,10,15H2,1-2H3. The summed E-state index contributed by atoms with van der Waals surface area (Å²) in [6.45, 7) is 8.77. The second-order valence-electron chi connectivity index (χ2n) is 5.53. The molecule has 0 bridgehead atoms. The number of nitrogens with two attached hydrogens (primary N) is 1. The van der Waals surface area contributed by atoms with Crippen LogP contribution in [0.15, 0.2) is 15.7 Å². The van der Waals surface area contributed by atoms with Crippen molar-refractivity contribution in [2.45, 2.75) is 30.9 Å². The Morgan fingerprint density at radius 2 is 1.95 bits per heavy atom. The number of thiophene rings is 1. The summed E-state index contributed by atoms with van der Waals surface area (Å²) in [4.78, 5) is 2.41.